The van der Waals surface area contributed by atoms with Gasteiger partial charge < -0.3 is 5.11 Å². The molecule has 1 unspecified atom stereocenters. The lowest BCUT2D eigenvalue weighted by Crippen LogP contribution is -2.20. The van der Waals surface area contributed by atoms with Gasteiger partial charge in [-0.2, -0.15) is 11.8 Å². The first-order valence-corrected chi connectivity index (χ1v) is 7.50. The maximum atomic E-state index is 13.4. The third-order valence-corrected chi connectivity index (χ3v) is 4.46. The highest BCUT2D eigenvalue weighted by Gasteiger charge is 2.19. The summed E-state index contributed by atoms with van der Waals surface area (Å²) in [5.41, 5.74) is 0.271. The van der Waals surface area contributed by atoms with Crippen molar-refractivity contribution >= 4 is 11.8 Å². The molecular weight excluding hydrogens is 254 g/mol. The molecule has 1 aromatic rings. The van der Waals surface area contributed by atoms with Crippen molar-refractivity contribution in [3.63, 3.8) is 0 Å². The fourth-order valence-electron chi connectivity index (χ4n) is 2.40. The molecule has 0 aromatic heterocycles. The summed E-state index contributed by atoms with van der Waals surface area (Å²) in [5.74, 6) is 1.93. The smallest absolute Gasteiger partial charge is 0.126 e. The Morgan fingerprint density at radius 3 is 2.72 bits per heavy atom. The van der Waals surface area contributed by atoms with E-state index in [-0.39, 0.29) is 12.0 Å². The Labute approximate surface area is 111 Å². The van der Waals surface area contributed by atoms with Gasteiger partial charge in [-0.1, -0.05) is 0 Å². The molecule has 0 aliphatic carbocycles. The summed E-state index contributed by atoms with van der Waals surface area (Å²) in [4.78, 5) is 0. The highest BCUT2D eigenvalue weighted by atomic mass is 32.2. The van der Waals surface area contributed by atoms with Crippen LogP contribution in [0, 0.1) is 17.6 Å². The van der Waals surface area contributed by atoms with E-state index in [1.165, 1.54) is 6.07 Å². The topological polar surface area (TPSA) is 20.2 Å². The van der Waals surface area contributed by atoms with Gasteiger partial charge in [-0.3, -0.25) is 0 Å². The predicted molar refractivity (Wildman–Crippen MR) is 70.7 cm³/mol. The van der Waals surface area contributed by atoms with Crippen LogP contribution in [0.5, 0.6) is 0 Å². The molecule has 18 heavy (non-hydrogen) atoms. The van der Waals surface area contributed by atoms with Gasteiger partial charge in [0.1, 0.15) is 11.6 Å². The molecule has 1 nitrogen and oxygen atoms in total. The van der Waals surface area contributed by atoms with Crippen LogP contribution in [0.1, 0.15) is 24.8 Å². The molecule has 2 rings (SSSR count). The lowest BCUT2D eigenvalue weighted by Gasteiger charge is -2.23. The third kappa shape index (κ3) is 3.95. The lowest BCUT2D eigenvalue weighted by molar-refractivity contribution is 0.138. The van der Waals surface area contributed by atoms with Crippen LogP contribution >= 0.6 is 11.8 Å². The SMILES string of the molecule is OC(Cc1cc(F)ccc1F)CC1CCSCC1. The third-order valence-electron chi connectivity index (χ3n) is 3.41. The van der Waals surface area contributed by atoms with Gasteiger partial charge in [0.2, 0.25) is 0 Å². The van der Waals surface area contributed by atoms with Crippen molar-refractivity contribution in [1.82, 2.24) is 0 Å². The second kappa shape index (κ2) is 6.53. The Balaban J connectivity index is 1.89. The number of aliphatic hydroxyl groups is 1. The van der Waals surface area contributed by atoms with Gasteiger partial charge in [-0.25, -0.2) is 8.78 Å². The van der Waals surface area contributed by atoms with E-state index >= 15 is 0 Å². The van der Waals surface area contributed by atoms with Crippen molar-refractivity contribution in [2.24, 2.45) is 5.92 Å². The maximum absolute atomic E-state index is 13.4. The van der Waals surface area contributed by atoms with E-state index in [4.69, 9.17) is 0 Å². The van der Waals surface area contributed by atoms with Crippen LogP contribution in [0.4, 0.5) is 8.78 Å². The minimum Gasteiger partial charge on any atom is -0.393 e. The molecule has 1 aromatic carbocycles. The van der Waals surface area contributed by atoms with Gasteiger partial charge in [-0.05, 0) is 60.4 Å². The van der Waals surface area contributed by atoms with Gasteiger partial charge in [0.05, 0.1) is 6.10 Å². The number of halogens is 2. The van der Waals surface area contributed by atoms with Crippen LogP contribution in [-0.2, 0) is 6.42 Å². The largest absolute Gasteiger partial charge is 0.393 e. The first kappa shape index (κ1) is 13.8. The summed E-state index contributed by atoms with van der Waals surface area (Å²) in [7, 11) is 0. The lowest BCUT2D eigenvalue weighted by atomic mass is 9.92. The molecule has 1 saturated heterocycles. The molecule has 0 bridgehead atoms. The Hall–Kier alpha value is -0.610. The summed E-state index contributed by atoms with van der Waals surface area (Å²) < 4.78 is 26.4. The number of hydrogen-bond acceptors (Lipinski definition) is 2. The molecule has 1 N–H and O–H groups in total. The molecule has 1 aliphatic rings. The van der Waals surface area contributed by atoms with Crippen LogP contribution in [0.2, 0.25) is 0 Å². The fourth-order valence-corrected chi connectivity index (χ4v) is 3.61. The van der Waals surface area contributed by atoms with E-state index in [0.717, 1.165) is 36.5 Å². The molecular formula is C14H18F2OS. The van der Waals surface area contributed by atoms with Gasteiger partial charge in [0.25, 0.3) is 0 Å². The van der Waals surface area contributed by atoms with Crippen molar-refractivity contribution in [2.75, 3.05) is 11.5 Å². The van der Waals surface area contributed by atoms with Crippen molar-refractivity contribution in [2.45, 2.75) is 31.8 Å². The summed E-state index contributed by atoms with van der Waals surface area (Å²) in [6.07, 6.45) is 2.55. The standard InChI is InChI=1S/C14H18F2OS/c15-12-1-2-14(16)11(8-12)9-13(17)7-10-3-5-18-6-4-10/h1-2,8,10,13,17H,3-7,9H2. The van der Waals surface area contributed by atoms with Gasteiger partial charge >= 0.3 is 0 Å². The van der Waals surface area contributed by atoms with Crippen LogP contribution in [0.15, 0.2) is 18.2 Å². The average molecular weight is 272 g/mol. The van der Waals surface area contributed by atoms with Crippen LogP contribution in [0.25, 0.3) is 0 Å². The molecule has 0 spiro atoms. The predicted octanol–water partition coefficient (Wildman–Crippen LogP) is 3.40. The van der Waals surface area contributed by atoms with E-state index in [9.17, 15) is 13.9 Å². The maximum Gasteiger partial charge on any atom is 0.126 e. The number of hydrogen-bond donors (Lipinski definition) is 1. The zero-order chi connectivity index (χ0) is 13.0. The van der Waals surface area contributed by atoms with Crippen LogP contribution in [-0.4, -0.2) is 22.7 Å². The molecule has 100 valence electrons. The van der Waals surface area contributed by atoms with Gasteiger partial charge in [0, 0.05) is 6.42 Å². The Bertz CT molecular complexity index is 391. The monoisotopic (exact) mass is 272 g/mol. The van der Waals surface area contributed by atoms with E-state index in [1.54, 1.807) is 0 Å². The minimum absolute atomic E-state index is 0.202. The highest BCUT2D eigenvalue weighted by Crippen LogP contribution is 2.27. The zero-order valence-electron chi connectivity index (χ0n) is 10.2. The molecule has 1 aliphatic heterocycles. The first-order chi connectivity index (χ1) is 8.65. The number of benzene rings is 1. The second-order valence-corrected chi connectivity index (χ2v) is 6.11. The van der Waals surface area contributed by atoms with Gasteiger partial charge in [0.15, 0.2) is 0 Å². The zero-order valence-corrected chi connectivity index (χ0v) is 11.1. The Kier molecular flexibility index (Phi) is 5.01. The molecule has 0 radical (unpaired) electrons. The Morgan fingerprint density at radius 1 is 1.28 bits per heavy atom. The second-order valence-electron chi connectivity index (χ2n) is 4.89. The van der Waals surface area contributed by atoms with E-state index in [1.807, 2.05) is 11.8 Å². The normalized spacial score (nSPS) is 18.8. The van der Waals surface area contributed by atoms with Crippen molar-refractivity contribution in [1.29, 1.82) is 0 Å². The quantitative estimate of drug-likeness (QED) is 0.906. The van der Waals surface area contributed by atoms with Crippen molar-refractivity contribution in [3.05, 3.63) is 35.4 Å². The molecule has 1 atom stereocenters. The fraction of sp³-hybridized carbons (Fsp3) is 0.571. The molecule has 0 saturated carbocycles. The van der Waals surface area contributed by atoms with Crippen LogP contribution in [0.3, 0.4) is 0 Å². The minimum atomic E-state index is -0.575. The van der Waals surface area contributed by atoms with Crippen molar-refractivity contribution in [3.8, 4) is 0 Å². The van der Waals surface area contributed by atoms with Crippen molar-refractivity contribution < 1.29 is 13.9 Å². The molecule has 1 fully saturated rings. The molecule has 0 amide bonds. The number of rotatable bonds is 4. The highest BCUT2D eigenvalue weighted by molar-refractivity contribution is 7.99. The Morgan fingerprint density at radius 2 is 2.00 bits per heavy atom. The first-order valence-electron chi connectivity index (χ1n) is 6.35. The average Bonchev–Trinajstić information content (AvgIpc) is 2.35. The van der Waals surface area contributed by atoms with E-state index in [2.05, 4.69) is 0 Å². The summed E-state index contributed by atoms with van der Waals surface area (Å²) >= 11 is 1.94. The summed E-state index contributed by atoms with van der Waals surface area (Å²) in [6.45, 7) is 0. The van der Waals surface area contributed by atoms with E-state index in [0.29, 0.717) is 12.3 Å². The van der Waals surface area contributed by atoms with Crippen LogP contribution < -0.4 is 0 Å². The van der Waals surface area contributed by atoms with Gasteiger partial charge in [-0.15, -0.1) is 0 Å². The molecule has 1 heterocycles. The molecule has 4 heteroatoms. The summed E-state index contributed by atoms with van der Waals surface area (Å²) in [5, 5.41) is 9.97. The van der Waals surface area contributed by atoms with E-state index < -0.39 is 17.7 Å². The number of thioether (sulfide) groups is 1. The summed E-state index contributed by atoms with van der Waals surface area (Å²) in [6, 6.07) is 3.40. The number of aliphatic hydroxyl groups excluding tert-OH is 1.